The highest BCUT2D eigenvalue weighted by atomic mass is 32.2. The van der Waals surface area contributed by atoms with Crippen molar-refractivity contribution >= 4 is 10.0 Å². The van der Waals surface area contributed by atoms with Gasteiger partial charge in [0.2, 0.25) is 10.0 Å². The van der Waals surface area contributed by atoms with E-state index in [1.807, 2.05) is 0 Å². The molecule has 1 aliphatic carbocycles. The largest absolute Gasteiger partial charge is 0.393 e. The van der Waals surface area contributed by atoms with E-state index in [4.69, 9.17) is 5.26 Å². The fraction of sp³-hybridized carbons (Fsp3) is 0.538. The summed E-state index contributed by atoms with van der Waals surface area (Å²) >= 11 is 0. The number of hydrogen-bond donors (Lipinski definition) is 2. The molecule has 0 amide bonds. The Morgan fingerprint density at radius 3 is 3.00 bits per heavy atom. The molecule has 0 spiro atoms. The summed E-state index contributed by atoms with van der Waals surface area (Å²) in [4.78, 5) is 3.65. The van der Waals surface area contributed by atoms with Crippen molar-refractivity contribution in [1.29, 1.82) is 5.26 Å². The maximum Gasteiger partial charge on any atom is 0.243 e. The average molecular weight is 295 g/mol. The summed E-state index contributed by atoms with van der Waals surface area (Å²) in [6, 6.07) is 4.63. The average Bonchev–Trinajstić information content (AvgIpc) is 2.45. The predicted octanol–water partition coefficient (Wildman–Crippen LogP) is 0.783. The van der Waals surface area contributed by atoms with Gasteiger partial charge in [0.25, 0.3) is 0 Å². The molecule has 0 aliphatic heterocycles. The van der Waals surface area contributed by atoms with Crippen molar-refractivity contribution in [2.24, 2.45) is 5.92 Å². The minimum atomic E-state index is -3.74. The zero-order chi connectivity index (χ0) is 14.6. The lowest BCUT2D eigenvalue weighted by Crippen LogP contribution is -2.33. The highest BCUT2D eigenvalue weighted by molar-refractivity contribution is 7.89. The molecule has 2 atom stereocenters. The molecule has 1 fully saturated rings. The quantitative estimate of drug-likeness (QED) is 0.854. The van der Waals surface area contributed by atoms with Gasteiger partial charge in [0.15, 0.2) is 5.69 Å². The molecule has 1 aromatic heterocycles. The summed E-state index contributed by atoms with van der Waals surface area (Å²) in [5.41, 5.74) is -0.108. The van der Waals surface area contributed by atoms with Gasteiger partial charge in [-0.2, -0.15) is 5.26 Å². The van der Waals surface area contributed by atoms with Crippen LogP contribution in [0.25, 0.3) is 0 Å². The van der Waals surface area contributed by atoms with Crippen molar-refractivity contribution in [3.8, 4) is 6.07 Å². The van der Waals surface area contributed by atoms with E-state index in [1.165, 1.54) is 18.3 Å². The van der Waals surface area contributed by atoms with Gasteiger partial charge in [-0.3, -0.25) is 0 Å². The second kappa shape index (κ2) is 6.31. The van der Waals surface area contributed by atoms with Gasteiger partial charge >= 0.3 is 0 Å². The van der Waals surface area contributed by atoms with Crippen molar-refractivity contribution in [1.82, 2.24) is 9.71 Å². The van der Waals surface area contributed by atoms with Gasteiger partial charge in [-0.25, -0.2) is 18.1 Å². The Morgan fingerprint density at radius 1 is 1.50 bits per heavy atom. The van der Waals surface area contributed by atoms with Gasteiger partial charge in [-0.05, 0) is 37.3 Å². The maximum atomic E-state index is 12.2. The van der Waals surface area contributed by atoms with Crippen LogP contribution < -0.4 is 4.72 Å². The molecule has 2 unspecified atom stereocenters. The van der Waals surface area contributed by atoms with Crippen LogP contribution in [0.3, 0.4) is 0 Å². The standard InChI is InChI=1S/C13H17N3O3S/c14-8-12-13(5-2-6-15-12)20(18,19)16-9-10-3-1-4-11(17)7-10/h2,5-6,10-11,16-17H,1,3-4,7,9H2. The maximum absolute atomic E-state index is 12.2. The Morgan fingerprint density at radius 2 is 2.30 bits per heavy atom. The number of hydrogen-bond acceptors (Lipinski definition) is 5. The summed E-state index contributed by atoms with van der Waals surface area (Å²) in [5, 5.41) is 18.5. The number of nitrogens with zero attached hydrogens (tertiary/aromatic N) is 2. The molecule has 0 saturated heterocycles. The Hall–Kier alpha value is -1.49. The summed E-state index contributed by atoms with van der Waals surface area (Å²) < 4.78 is 26.9. The van der Waals surface area contributed by atoms with Crippen molar-refractivity contribution in [3.05, 3.63) is 24.0 Å². The lowest BCUT2D eigenvalue weighted by Gasteiger charge is -2.25. The molecule has 0 aromatic carbocycles. The van der Waals surface area contributed by atoms with Gasteiger partial charge in [-0.1, -0.05) is 6.42 Å². The number of nitriles is 1. The van der Waals surface area contributed by atoms with E-state index in [0.29, 0.717) is 6.42 Å². The molecule has 6 nitrogen and oxygen atoms in total. The summed E-state index contributed by atoms with van der Waals surface area (Å²) in [6.45, 7) is 0.277. The third kappa shape index (κ3) is 3.54. The van der Waals surface area contributed by atoms with E-state index < -0.39 is 10.0 Å². The second-order valence-electron chi connectivity index (χ2n) is 5.00. The molecule has 2 rings (SSSR count). The van der Waals surface area contributed by atoms with E-state index in [9.17, 15) is 13.5 Å². The summed E-state index contributed by atoms with van der Waals surface area (Å²) in [5.74, 6) is 0.135. The lowest BCUT2D eigenvalue weighted by atomic mass is 9.87. The zero-order valence-corrected chi connectivity index (χ0v) is 11.8. The van der Waals surface area contributed by atoms with E-state index in [0.717, 1.165) is 19.3 Å². The molecular formula is C13H17N3O3S. The van der Waals surface area contributed by atoms with Crippen LogP contribution in [0.15, 0.2) is 23.2 Å². The first-order chi connectivity index (χ1) is 9.53. The van der Waals surface area contributed by atoms with E-state index in [2.05, 4.69) is 9.71 Å². The van der Waals surface area contributed by atoms with Crippen molar-refractivity contribution < 1.29 is 13.5 Å². The molecule has 1 aliphatic rings. The second-order valence-corrected chi connectivity index (χ2v) is 6.74. The van der Waals surface area contributed by atoms with Gasteiger partial charge in [0.05, 0.1) is 6.10 Å². The zero-order valence-electron chi connectivity index (χ0n) is 11.0. The molecule has 0 bridgehead atoms. The van der Waals surface area contributed by atoms with Crippen LogP contribution in [-0.2, 0) is 10.0 Å². The number of nitrogens with one attached hydrogen (secondary N) is 1. The Bertz CT molecular complexity index is 610. The highest BCUT2D eigenvalue weighted by Gasteiger charge is 2.24. The first kappa shape index (κ1) is 14.9. The fourth-order valence-electron chi connectivity index (χ4n) is 2.44. The topological polar surface area (TPSA) is 103 Å². The van der Waals surface area contributed by atoms with Crippen LogP contribution in [0.1, 0.15) is 31.4 Å². The monoisotopic (exact) mass is 295 g/mol. The summed E-state index contributed by atoms with van der Waals surface area (Å²) in [7, 11) is -3.74. The lowest BCUT2D eigenvalue weighted by molar-refractivity contribution is 0.102. The molecule has 0 radical (unpaired) electrons. The van der Waals surface area contributed by atoms with Gasteiger partial charge in [0.1, 0.15) is 11.0 Å². The minimum Gasteiger partial charge on any atom is -0.393 e. The van der Waals surface area contributed by atoms with Crippen LogP contribution in [0.5, 0.6) is 0 Å². The number of sulfonamides is 1. The Kier molecular flexibility index (Phi) is 4.70. The molecule has 1 aromatic rings. The SMILES string of the molecule is N#Cc1ncccc1S(=O)(=O)NCC1CCCC(O)C1. The van der Waals surface area contributed by atoms with E-state index in [-0.39, 0.29) is 29.2 Å². The molecule has 1 saturated carbocycles. The first-order valence-electron chi connectivity index (χ1n) is 6.56. The molecule has 7 heteroatoms. The Balaban J connectivity index is 2.06. The highest BCUT2D eigenvalue weighted by Crippen LogP contribution is 2.24. The van der Waals surface area contributed by atoms with Gasteiger partial charge in [0, 0.05) is 12.7 Å². The molecule has 1 heterocycles. The van der Waals surface area contributed by atoms with Crippen LogP contribution in [-0.4, -0.2) is 31.2 Å². The number of rotatable bonds is 4. The Labute approximate surface area is 118 Å². The van der Waals surface area contributed by atoms with Gasteiger partial charge in [-0.15, -0.1) is 0 Å². The third-order valence-electron chi connectivity index (χ3n) is 3.48. The van der Waals surface area contributed by atoms with Crippen molar-refractivity contribution in [2.75, 3.05) is 6.54 Å². The normalized spacial score (nSPS) is 23.2. The van der Waals surface area contributed by atoms with Crippen LogP contribution >= 0.6 is 0 Å². The third-order valence-corrected chi connectivity index (χ3v) is 4.94. The smallest absolute Gasteiger partial charge is 0.243 e. The van der Waals surface area contributed by atoms with Crippen molar-refractivity contribution in [3.63, 3.8) is 0 Å². The fourth-order valence-corrected chi connectivity index (χ4v) is 3.67. The number of aliphatic hydroxyl groups excluding tert-OH is 1. The van der Waals surface area contributed by atoms with E-state index in [1.54, 1.807) is 6.07 Å². The van der Waals surface area contributed by atoms with Crippen LogP contribution in [0, 0.1) is 17.2 Å². The predicted molar refractivity (Wildman–Crippen MR) is 72.1 cm³/mol. The number of aromatic nitrogens is 1. The molecular weight excluding hydrogens is 278 g/mol. The van der Waals surface area contributed by atoms with Crippen LogP contribution in [0.4, 0.5) is 0 Å². The first-order valence-corrected chi connectivity index (χ1v) is 8.04. The van der Waals surface area contributed by atoms with Crippen molar-refractivity contribution in [2.45, 2.75) is 36.7 Å². The minimum absolute atomic E-state index is 0.0983. The number of pyridine rings is 1. The molecule has 2 N–H and O–H groups in total. The summed E-state index contributed by atoms with van der Waals surface area (Å²) in [6.07, 6.45) is 4.24. The number of aliphatic hydroxyl groups is 1. The van der Waals surface area contributed by atoms with E-state index >= 15 is 0 Å². The van der Waals surface area contributed by atoms with Crippen LogP contribution in [0.2, 0.25) is 0 Å². The molecule has 108 valence electrons. The molecule has 20 heavy (non-hydrogen) atoms. The van der Waals surface area contributed by atoms with Gasteiger partial charge < -0.3 is 5.11 Å².